The SMILES string of the molecule is C=CC(OC(=O)OC)P(=O)(OC)OC. The predicted octanol–water partition coefficient (Wildman–Crippen LogP) is 1.77. The maximum atomic E-state index is 11.7. The van der Waals surface area contributed by atoms with Crippen LogP contribution < -0.4 is 0 Å². The Hall–Kier alpha value is -0.840. The molecule has 0 saturated carbocycles. The molecule has 82 valence electrons. The molecular weight excluding hydrogens is 211 g/mol. The molecule has 0 aromatic heterocycles. The normalized spacial score (nSPS) is 13.1. The van der Waals surface area contributed by atoms with Crippen molar-refractivity contribution in [3.8, 4) is 0 Å². The molecule has 0 aliphatic heterocycles. The standard InChI is InChI=1S/C7H13O6P/c1-5-6(13-7(8)10-2)14(9,11-3)12-4/h5-6H,1H2,2-4H3. The summed E-state index contributed by atoms with van der Waals surface area (Å²) in [5.41, 5.74) is 0. The molecule has 0 radical (unpaired) electrons. The number of rotatable bonds is 5. The fourth-order valence-electron chi connectivity index (χ4n) is 0.671. The lowest BCUT2D eigenvalue weighted by Gasteiger charge is -2.20. The molecule has 0 saturated heterocycles. The lowest BCUT2D eigenvalue weighted by molar-refractivity contribution is 0.0627. The summed E-state index contributed by atoms with van der Waals surface area (Å²) in [6.45, 7) is 3.35. The van der Waals surface area contributed by atoms with Crippen LogP contribution in [0, 0.1) is 0 Å². The average molecular weight is 224 g/mol. The molecule has 0 heterocycles. The summed E-state index contributed by atoms with van der Waals surface area (Å²) in [5, 5.41) is 0. The van der Waals surface area contributed by atoms with Gasteiger partial charge in [-0.05, 0) is 6.08 Å². The summed E-state index contributed by atoms with van der Waals surface area (Å²) in [5.74, 6) is -1.18. The predicted molar refractivity (Wildman–Crippen MR) is 49.1 cm³/mol. The Morgan fingerprint density at radius 3 is 2.14 bits per heavy atom. The van der Waals surface area contributed by atoms with Crippen LogP contribution in [0.1, 0.15) is 0 Å². The van der Waals surface area contributed by atoms with E-state index < -0.39 is 19.6 Å². The van der Waals surface area contributed by atoms with Gasteiger partial charge in [0.15, 0.2) is 0 Å². The first-order valence-corrected chi connectivity index (χ1v) is 5.23. The first-order valence-electron chi connectivity index (χ1n) is 3.62. The van der Waals surface area contributed by atoms with Crippen LogP contribution in [0.4, 0.5) is 4.79 Å². The molecule has 0 aliphatic carbocycles. The Kier molecular flexibility index (Phi) is 5.45. The molecule has 1 unspecified atom stereocenters. The van der Waals surface area contributed by atoms with Crippen LogP contribution in [0.2, 0.25) is 0 Å². The number of ether oxygens (including phenoxy) is 2. The molecule has 0 aromatic carbocycles. The zero-order valence-corrected chi connectivity index (χ0v) is 9.15. The monoisotopic (exact) mass is 224 g/mol. The van der Waals surface area contributed by atoms with Crippen LogP contribution in [0.3, 0.4) is 0 Å². The van der Waals surface area contributed by atoms with Gasteiger partial charge in [0, 0.05) is 14.2 Å². The Morgan fingerprint density at radius 1 is 1.36 bits per heavy atom. The lowest BCUT2D eigenvalue weighted by atomic mass is 10.7. The molecule has 0 aliphatic rings. The highest BCUT2D eigenvalue weighted by atomic mass is 31.2. The van der Waals surface area contributed by atoms with Crippen LogP contribution in [0.25, 0.3) is 0 Å². The second-order valence-electron chi connectivity index (χ2n) is 2.10. The molecule has 0 bridgehead atoms. The summed E-state index contributed by atoms with van der Waals surface area (Å²) in [6.07, 6.45) is 0.161. The van der Waals surface area contributed by atoms with Gasteiger partial charge in [0.25, 0.3) is 0 Å². The quantitative estimate of drug-likeness (QED) is 0.402. The first-order chi connectivity index (χ1) is 6.53. The maximum Gasteiger partial charge on any atom is 0.509 e. The zero-order valence-electron chi connectivity index (χ0n) is 8.26. The van der Waals surface area contributed by atoms with Crippen molar-refractivity contribution in [3.63, 3.8) is 0 Å². The minimum absolute atomic E-state index is 0.982. The molecule has 0 amide bonds. The van der Waals surface area contributed by atoms with Crippen molar-refractivity contribution in [3.05, 3.63) is 12.7 Å². The zero-order chi connectivity index (χ0) is 11.2. The molecule has 0 fully saturated rings. The van der Waals surface area contributed by atoms with Crippen molar-refractivity contribution in [1.82, 2.24) is 0 Å². The van der Waals surface area contributed by atoms with Crippen LogP contribution in [0.15, 0.2) is 12.7 Å². The highest BCUT2D eigenvalue weighted by Crippen LogP contribution is 2.52. The lowest BCUT2D eigenvalue weighted by Crippen LogP contribution is -2.17. The van der Waals surface area contributed by atoms with Gasteiger partial charge in [-0.1, -0.05) is 6.58 Å². The first kappa shape index (κ1) is 13.2. The third-order valence-corrected chi connectivity index (χ3v) is 3.36. The van der Waals surface area contributed by atoms with Gasteiger partial charge < -0.3 is 18.5 Å². The van der Waals surface area contributed by atoms with Crippen LogP contribution in [-0.4, -0.2) is 33.3 Å². The second-order valence-corrected chi connectivity index (χ2v) is 4.42. The molecule has 7 heteroatoms. The number of carbonyl (C=O) groups excluding carboxylic acids is 1. The van der Waals surface area contributed by atoms with E-state index in [0.717, 1.165) is 13.2 Å². The van der Waals surface area contributed by atoms with Gasteiger partial charge in [-0.15, -0.1) is 0 Å². The van der Waals surface area contributed by atoms with Gasteiger partial charge in [0.2, 0.25) is 5.85 Å². The van der Waals surface area contributed by atoms with Gasteiger partial charge in [-0.25, -0.2) is 4.79 Å². The third kappa shape index (κ3) is 3.14. The van der Waals surface area contributed by atoms with Crippen molar-refractivity contribution < 1.29 is 27.9 Å². The van der Waals surface area contributed by atoms with E-state index in [9.17, 15) is 9.36 Å². The Bertz CT molecular complexity index is 243. The third-order valence-electron chi connectivity index (χ3n) is 1.41. The highest BCUT2D eigenvalue weighted by Gasteiger charge is 2.35. The van der Waals surface area contributed by atoms with E-state index in [4.69, 9.17) is 0 Å². The van der Waals surface area contributed by atoms with E-state index in [-0.39, 0.29) is 0 Å². The minimum atomic E-state index is -3.50. The molecule has 0 aromatic rings. The molecule has 0 spiro atoms. The molecule has 0 N–H and O–H groups in total. The van der Waals surface area contributed by atoms with Crippen LogP contribution in [-0.2, 0) is 23.1 Å². The molecular formula is C7H13O6P. The maximum absolute atomic E-state index is 11.7. The average Bonchev–Trinajstić information content (AvgIpc) is 2.24. The molecule has 0 rings (SSSR count). The fourth-order valence-corrected chi connectivity index (χ4v) is 1.71. The Labute approximate surface area is 82.3 Å². The highest BCUT2D eigenvalue weighted by molar-refractivity contribution is 7.54. The van der Waals surface area contributed by atoms with Crippen molar-refractivity contribution in [2.24, 2.45) is 0 Å². The molecule has 1 atom stereocenters. The second kappa shape index (κ2) is 5.80. The van der Waals surface area contributed by atoms with E-state index in [1.54, 1.807) is 0 Å². The fraction of sp³-hybridized carbons (Fsp3) is 0.571. The summed E-state index contributed by atoms with van der Waals surface area (Å²) in [7, 11) is -0.00358. The number of carbonyl (C=O) groups is 1. The smallest absolute Gasteiger partial charge is 0.438 e. The van der Waals surface area contributed by atoms with Crippen molar-refractivity contribution in [2.45, 2.75) is 5.85 Å². The number of hydrogen-bond acceptors (Lipinski definition) is 6. The van der Waals surface area contributed by atoms with Crippen molar-refractivity contribution >= 4 is 13.8 Å². The van der Waals surface area contributed by atoms with E-state index >= 15 is 0 Å². The van der Waals surface area contributed by atoms with Gasteiger partial charge in [-0.2, -0.15) is 0 Å². The van der Waals surface area contributed by atoms with Gasteiger partial charge in [0.05, 0.1) is 7.11 Å². The minimum Gasteiger partial charge on any atom is -0.438 e. The van der Waals surface area contributed by atoms with E-state index in [0.29, 0.717) is 0 Å². The number of hydrogen-bond donors (Lipinski definition) is 0. The van der Waals surface area contributed by atoms with E-state index in [2.05, 4.69) is 25.1 Å². The largest absolute Gasteiger partial charge is 0.509 e. The van der Waals surface area contributed by atoms with Gasteiger partial charge in [-0.3, -0.25) is 4.57 Å². The Morgan fingerprint density at radius 2 is 1.86 bits per heavy atom. The van der Waals surface area contributed by atoms with Gasteiger partial charge in [0.1, 0.15) is 0 Å². The van der Waals surface area contributed by atoms with E-state index in [1.807, 2.05) is 0 Å². The van der Waals surface area contributed by atoms with Gasteiger partial charge >= 0.3 is 13.8 Å². The summed E-state index contributed by atoms with van der Waals surface area (Å²) < 4.78 is 29.7. The van der Waals surface area contributed by atoms with Crippen LogP contribution >= 0.6 is 7.60 Å². The van der Waals surface area contributed by atoms with Crippen molar-refractivity contribution in [1.29, 1.82) is 0 Å². The van der Waals surface area contributed by atoms with E-state index in [1.165, 1.54) is 14.2 Å². The van der Waals surface area contributed by atoms with Crippen LogP contribution in [0.5, 0.6) is 0 Å². The number of methoxy groups -OCH3 is 1. The summed E-state index contributed by atoms with van der Waals surface area (Å²) in [6, 6.07) is 0. The Balaban J connectivity index is 4.62. The molecule has 14 heavy (non-hydrogen) atoms. The molecule has 6 nitrogen and oxygen atoms in total. The van der Waals surface area contributed by atoms with Crippen molar-refractivity contribution in [2.75, 3.05) is 21.3 Å². The summed E-state index contributed by atoms with van der Waals surface area (Å²) in [4.78, 5) is 10.7. The summed E-state index contributed by atoms with van der Waals surface area (Å²) >= 11 is 0. The topological polar surface area (TPSA) is 71.1 Å².